The Balaban J connectivity index is 3.01. The van der Waals surface area contributed by atoms with Gasteiger partial charge < -0.3 is 4.74 Å². The molecule has 1 rings (SSSR count). The molecule has 0 heterocycles. The van der Waals surface area contributed by atoms with E-state index in [1.165, 1.54) is 7.11 Å². The Labute approximate surface area is 84.8 Å². The van der Waals surface area contributed by atoms with Gasteiger partial charge in [0.05, 0.1) is 7.11 Å². The molecule has 0 unspecified atom stereocenters. The van der Waals surface area contributed by atoms with Crippen molar-refractivity contribution in [3.05, 3.63) is 34.3 Å². The number of rotatable bonds is 1. The molecule has 4 heteroatoms. The zero-order valence-corrected chi connectivity index (χ0v) is 8.58. The van der Waals surface area contributed by atoms with Crippen molar-refractivity contribution in [3.8, 4) is 6.19 Å². The molecule has 66 valence electrons. The van der Waals surface area contributed by atoms with Gasteiger partial charge in [-0.25, -0.2) is 0 Å². The quantitative estimate of drug-likeness (QED) is 0.429. The van der Waals surface area contributed by atoms with Gasteiger partial charge in [-0.3, -0.25) is 0 Å². The third-order valence-electron chi connectivity index (χ3n) is 1.44. The molecule has 0 aliphatic heterocycles. The third kappa shape index (κ3) is 2.56. The summed E-state index contributed by atoms with van der Waals surface area (Å²) in [6.07, 6.45) is 1.68. The van der Waals surface area contributed by atoms with E-state index in [0.29, 0.717) is 5.90 Å². The highest BCUT2D eigenvalue weighted by Gasteiger charge is 2.01. The van der Waals surface area contributed by atoms with Crippen LogP contribution in [0.3, 0.4) is 0 Å². The van der Waals surface area contributed by atoms with E-state index in [4.69, 9.17) is 10.00 Å². The smallest absolute Gasteiger partial charge is 0.231 e. The molecular weight excluding hydrogens is 232 g/mol. The number of halogens is 1. The van der Waals surface area contributed by atoms with Crippen LogP contribution in [0.4, 0.5) is 0 Å². The van der Waals surface area contributed by atoms with Crippen molar-refractivity contribution < 1.29 is 4.74 Å². The van der Waals surface area contributed by atoms with Crippen molar-refractivity contribution in [3.63, 3.8) is 0 Å². The number of methoxy groups -OCH3 is 1. The molecule has 13 heavy (non-hydrogen) atoms. The second-order valence-corrected chi connectivity index (χ2v) is 3.14. The van der Waals surface area contributed by atoms with Crippen LogP contribution in [0.15, 0.2) is 33.7 Å². The summed E-state index contributed by atoms with van der Waals surface area (Å²) in [4.78, 5) is 3.53. The van der Waals surface area contributed by atoms with Gasteiger partial charge in [-0.2, -0.15) is 5.26 Å². The van der Waals surface area contributed by atoms with Crippen LogP contribution in [0.5, 0.6) is 0 Å². The van der Waals surface area contributed by atoms with E-state index in [2.05, 4.69) is 20.9 Å². The molecular formula is C9H7BrN2O. The largest absolute Gasteiger partial charge is 0.480 e. The molecule has 1 aromatic carbocycles. The van der Waals surface area contributed by atoms with Crippen molar-refractivity contribution in [1.82, 2.24) is 0 Å². The Morgan fingerprint density at radius 2 is 2.08 bits per heavy atom. The monoisotopic (exact) mass is 238 g/mol. The summed E-state index contributed by atoms with van der Waals surface area (Å²) in [5.74, 6) is 0.329. The van der Waals surface area contributed by atoms with E-state index in [1.807, 2.05) is 24.3 Å². The molecule has 0 radical (unpaired) electrons. The van der Waals surface area contributed by atoms with E-state index >= 15 is 0 Å². The van der Waals surface area contributed by atoms with Crippen LogP contribution in [0.2, 0.25) is 0 Å². The van der Waals surface area contributed by atoms with Crippen LogP contribution in [0.25, 0.3) is 0 Å². The van der Waals surface area contributed by atoms with Crippen molar-refractivity contribution in [2.75, 3.05) is 7.11 Å². The molecule has 1 aromatic rings. The Hall–Kier alpha value is -1.34. The van der Waals surface area contributed by atoms with E-state index < -0.39 is 0 Å². The van der Waals surface area contributed by atoms with Crippen LogP contribution in [0, 0.1) is 11.5 Å². The zero-order valence-electron chi connectivity index (χ0n) is 6.99. The van der Waals surface area contributed by atoms with Crippen molar-refractivity contribution in [1.29, 1.82) is 5.26 Å². The number of hydrogen-bond acceptors (Lipinski definition) is 3. The Bertz CT molecular complexity index is 351. The molecule has 0 aliphatic rings. The maximum absolute atomic E-state index is 8.36. The lowest BCUT2D eigenvalue weighted by atomic mass is 10.2. The van der Waals surface area contributed by atoms with Gasteiger partial charge in [0.25, 0.3) is 0 Å². The van der Waals surface area contributed by atoms with Gasteiger partial charge in [0.2, 0.25) is 12.1 Å². The predicted octanol–water partition coefficient (Wildman–Crippen LogP) is 2.32. The molecule has 0 spiro atoms. The molecule has 0 bridgehead atoms. The highest BCUT2D eigenvalue weighted by atomic mass is 79.9. The van der Waals surface area contributed by atoms with Gasteiger partial charge >= 0.3 is 0 Å². The first-order chi connectivity index (χ1) is 6.27. The average molecular weight is 239 g/mol. The zero-order chi connectivity index (χ0) is 9.68. The Morgan fingerprint density at radius 3 is 2.54 bits per heavy atom. The lowest BCUT2D eigenvalue weighted by Gasteiger charge is -2.01. The summed E-state index contributed by atoms with van der Waals surface area (Å²) in [6.45, 7) is 0. The van der Waals surface area contributed by atoms with Crippen LogP contribution in [0.1, 0.15) is 5.56 Å². The van der Waals surface area contributed by atoms with E-state index in [9.17, 15) is 0 Å². The molecule has 0 fully saturated rings. The van der Waals surface area contributed by atoms with E-state index in [0.717, 1.165) is 10.0 Å². The first-order valence-corrected chi connectivity index (χ1v) is 4.34. The predicted molar refractivity (Wildman–Crippen MR) is 53.3 cm³/mol. The maximum Gasteiger partial charge on any atom is 0.231 e. The van der Waals surface area contributed by atoms with Crippen LogP contribution < -0.4 is 0 Å². The summed E-state index contributed by atoms with van der Waals surface area (Å²) in [7, 11) is 1.48. The summed E-state index contributed by atoms with van der Waals surface area (Å²) >= 11 is 3.31. The van der Waals surface area contributed by atoms with Gasteiger partial charge in [-0.05, 0) is 24.3 Å². The minimum Gasteiger partial charge on any atom is -0.480 e. The summed E-state index contributed by atoms with van der Waals surface area (Å²) < 4.78 is 5.90. The van der Waals surface area contributed by atoms with Crippen LogP contribution in [-0.4, -0.2) is 13.0 Å². The highest BCUT2D eigenvalue weighted by Crippen LogP contribution is 2.11. The Morgan fingerprint density at radius 1 is 1.46 bits per heavy atom. The van der Waals surface area contributed by atoms with Gasteiger partial charge in [0.1, 0.15) is 0 Å². The van der Waals surface area contributed by atoms with Crippen LogP contribution in [-0.2, 0) is 4.74 Å². The fraction of sp³-hybridized carbons (Fsp3) is 0.111. The van der Waals surface area contributed by atoms with Crippen molar-refractivity contribution in [2.24, 2.45) is 4.99 Å². The SMILES string of the molecule is COC(=NC#N)c1ccc(Br)cc1. The normalized spacial score (nSPS) is 10.7. The van der Waals surface area contributed by atoms with Crippen molar-refractivity contribution >= 4 is 21.8 Å². The first kappa shape index (κ1) is 9.75. The van der Waals surface area contributed by atoms with E-state index in [-0.39, 0.29) is 0 Å². The summed E-state index contributed by atoms with van der Waals surface area (Å²) in [6, 6.07) is 7.37. The van der Waals surface area contributed by atoms with Gasteiger partial charge in [0, 0.05) is 10.0 Å². The van der Waals surface area contributed by atoms with Crippen molar-refractivity contribution in [2.45, 2.75) is 0 Å². The molecule has 0 atom stereocenters. The minimum absolute atomic E-state index is 0.329. The summed E-state index contributed by atoms with van der Waals surface area (Å²) in [5, 5.41) is 8.36. The third-order valence-corrected chi connectivity index (χ3v) is 1.96. The number of hydrogen-bond donors (Lipinski definition) is 0. The fourth-order valence-corrected chi connectivity index (χ4v) is 1.13. The van der Waals surface area contributed by atoms with Gasteiger partial charge in [0.15, 0.2) is 0 Å². The number of benzene rings is 1. The lowest BCUT2D eigenvalue weighted by Crippen LogP contribution is -2.02. The molecule has 0 aliphatic carbocycles. The second-order valence-electron chi connectivity index (χ2n) is 2.23. The van der Waals surface area contributed by atoms with E-state index in [1.54, 1.807) is 6.19 Å². The molecule has 0 aromatic heterocycles. The van der Waals surface area contributed by atoms with Gasteiger partial charge in [-0.15, -0.1) is 4.99 Å². The maximum atomic E-state index is 8.36. The van der Waals surface area contributed by atoms with Gasteiger partial charge in [-0.1, -0.05) is 15.9 Å². The topological polar surface area (TPSA) is 45.4 Å². The fourth-order valence-electron chi connectivity index (χ4n) is 0.866. The molecule has 0 saturated heterocycles. The second kappa shape index (κ2) is 4.63. The molecule has 3 nitrogen and oxygen atoms in total. The Kier molecular flexibility index (Phi) is 3.47. The molecule has 0 N–H and O–H groups in total. The number of ether oxygens (including phenoxy) is 1. The highest BCUT2D eigenvalue weighted by molar-refractivity contribution is 9.10. The minimum atomic E-state index is 0.329. The lowest BCUT2D eigenvalue weighted by molar-refractivity contribution is 0.405. The number of nitrogens with zero attached hydrogens (tertiary/aromatic N) is 2. The number of aliphatic imine (C=N–C) groups is 1. The summed E-state index contributed by atoms with van der Waals surface area (Å²) in [5.41, 5.74) is 0.784. The van der Waals surface area contributed by atoms with Crippen LogP contribution >= 0.6 is 15.9 Å². The number of nitriles is 1. The average Bonchev–Trinajstić information content (AvgIpc) is 2.16. The standard InChI is InChI=1S/C9H7BrN2O/c1-13-9(12-6-11)7-2-4-8(10)5-3-7/h2-5H,1H3. The molecule has 0 saturated carbocycles. The molecule has 0 amide bonds. The first-order valence-electron chi connectivity index (χ1n) is 3.54.